The van der Waals surface area contributed by atoms with Gasteiger partial charge in [0, 0.05) is 24.7 Å². The first-order valence-corrected chi connectivity index (χ1v) is 6.79. The number of rotatable bonds is 5. The molecule has 20 heavy (non-hydrogen) atoms. The van der Waals surface area contributed by atoms with Crippen LogP contribution in [0.1, 0.15) is 24.0 Å². The Kier molecular flexibility index (Phi) is 4.92. The van der Waals surface area contributed by atoms with Gasteiger partial charge in [0.1, 0.15) is 5.82 Å². The Morgan fingerprint density at radius 2 is 2.40 bits per heavy atom. The number of halogens is 1. The molecule has 1 heterocycles. The van der Waals surface area contributed by atoms with Crippen molar-refractivity contribution >= 4 is 5.84 Å². The Hall–Kier alpha value is -1.66. The predicted molar refractivity (Wildman–Crippen MR) is 76.3 cm³/mol. The summed E-state index contributed by atoms with van der Waals surface area (Å²) in [5, 5.41) is 14.7. The number of likely N-dealkylation sites (N-methyl/N-ethyl adjacent to an activating group) is 1. The van der Waals surface area contributed by atoms with Crippen molar-refractivity contribution in [2.75, 3.05) is 20.1 Å². The smallest absolute Gasteiger partial charge is 0.173 e. The number of hydrogen-bond acceptors (Lipinski definition) is 4. The number of nitrogens with two attached hydrogens (primary N) is 1. The molecular weight excluding hydrogens is 259 g/mol. The first-order valence-electron chi connectivity index (χ1n) is 6.79. The summed E-state index contributed by atoms with van der Waals surface area (Å²) in [4.78, 5) is 2.32. The second-order valence-electron chi connectivity index (χ2n) is 5.17. The van der Waals surface area contributed by atoms with E-state index in [2.05, 4.69) is 22.4 Å². The van der Waals surface area contributed by atoms with Crippen molar-refractivity contribution in [2.24, 2.45) is 10.9 Å². The first-order chi connectivity index (χ1) is 9.63. The van der Waals surface area contributed by atoms with Gasteiger partial charge in [-0.2, -0.15) is 0 Å². The highest BCUT2D eigenvalue weighted by atomic mass is 19.1. The molecule has 1 saturated heterocycles. The summed E-state index contributed by atoms with van der Waals surface area (Å²) in [6, 6.07) is 5.42. The molecule has 0 saturated carbocycles. The van der Waals surface area contributed by atoms with Crippen molar-refractivity contribution in [2.45, 2.75) is 25.4 Å². The van der Waals surface area contributed by atoms with Crippen molar-refractivity contribution in [3.63, 3.8) is 0 Å². The van der Waals surface area contributed by atoms with Gasteiger partial charge in [-0.1, -0.05) is 17.3 Å². The van der Waals surface area contributed by atoms with Crippen LogP contribution in [0.2, 0.25) is 0 Å². The van der Waals surface area contributed by atoms with Crippen molar-refractivity contribution in [1.29, 1.82) is 0 Å². The maximum absolute atomic E-state index is 14.2. The Morgan fingerprint density at radius 1 is 1.60 bits per heavy atom. The standard InChI is InChI=1S/C14H21FN4O/c1-19-7-3-5-11(19)9-17-8-10-4-2-6-12(13(10)15)14(16)18-20/h2,4,6,11,17,20H,3,5,7-9H2,1H3,(H2,16,18). The highest BCUT2D eigenvalue weighted by Crippen LogP contribution is 2.15. The maximum Gasteiger partial charge on any atom is 0.173 e. The van der Waals surface area contributed by atoms with E-state index >= 15 is 0 Å². The second kappa shape index (κ2) is 6.67. The summed E-state index contributed by atoms with van der Waals surface area (Å²) in [5.41, 5.74) is 6.10. The van der Waals surface area contributed by atoms with Crippen LogP contribution < -0.4 is 11.1 Å². The molecule has 2 rings (SSSR count). The molecule has 1 fully saturated rings. The number of amidine groups is 1. The van der Waals surface area contributed by atoms with E-state index in [0.29, 0.717) is 18.2 Å². The number of nitrogens with zero attached hydrogens (tertiary/aromatic N) is 2. The molecule has 1 aromatic carbocycles. The third kappa shape index (κ3) is 3.26. The van der Waals surface area contributed by atoms with Crippen molar-refractivity contribution in [3.05, 3.63) is 35.1 Å². The van der Waals surface area contributed by atoms with Gasteiger partial charge in [-0.3, -0.25) is 0 Å². The van der Waals surface area contributed by atoms with Gasteiger partial charge in [-0.25, -0.2) is 4.39 Å². The van der Waals surface area contributed by atoms with Gasteiger partial charge in [-0.15, -0.1) is 0 Å². The van der Waals surface area contributed by atoms with Crippen LogP contribution in [0, 0.1) is 5.82 Å². The van der Waals surface area contributed by atoms with Gasteiger partial charge in [-0.05, 0) is 32.5 Å². The van der Waals surface area contributed by atoms with Crippen LogP contribution in [0.25, 0.3) is 0 Å². The van der Waals surface area contributed by atoms with Crippen molar-refractivity contribution in [3.8, 4) is 0 Å². The van der Waals surface area contributed by atoms with Crippen LogP contribution in [0.5, 0.6) is 0 Å². The van der Waals surface area contributed by atoms with E-state index in [-0.39, 0.29) is 11.4 Å². The van der Waals surface area contributed by atoms with Gasteiger partial charge in [0.15, 0.2) is 5.84 Å². The zero-order valence-corrected chi connectivity index (χ0v) is 11.6. The van der Waals surface area contributed by atoms with Gasteiger partial charge >= 0.3 is 0 Å². The lowest BCUT2D eigenvalue weighted by Gasteiger charge is -2.20. The average molecular weight is 280 g/mol. The fourth-order valence-corrected chi connectivity index (χ4v) is 2.58. The van der Waals surface area contributed by atoms with Crippen LogP contribution in [-0.4, -0.2) is 42.1 Å². The van der Waals surface area contributed by atoms with E-state index in [0.717, 1.165) is 13.1 Å². The molecule has 1 unspecified atom stereocenters. The Bertz CT molecular complexity index is 492. The Labute approximate surface area is 118 Å². The molecule has 4 N–H and O–H groups in total. The highest BCUT2D eigenvalue weighted by molar-refractivity contribution is 5.97. The van der Waals surface area contributed by atoms with Gasteiger partial charge in [0.25, 0.3) is 0 Å². The van der Waals surface area contributed by atoms with E-state index in [1.54, 1.807) is 12.1 Å². The molecule has 0 radical (unpaired) electrons. The SMILES string of the molecule is CN1CCCC1CNCc1cccc(/C(N)=N/O)c1F. The number of oxime groups is 1. The van der Waals surface area contributed by atoms with Crippen molar-refractivity contribution in [1.82, 2.24) is 10.2 Å². The summed E-state index contributed by atoms with van der Waals surface area (Å²) in [6.45, 7) is 2.39. The lowest BCUT2D eigenvalue weighted by Crippen LogP contribution is -2.35. The van der Waals surface area contributed by atoms with Crippen molar-refractivity contribution < 1.29 is 9.60 Å². The molecule has 0 bridgehead atoms. The molecule has 110 valence electrons. The number of nitrogens with one attached hydrogen (secondary N) is 1. The fourth-order valence-electron chi connectivity index (χ4n) is 2.58. The minimum absolute atomic E-state index is 0.129. The molecule has 1 aliphatic rings. The molecule has 0 aromatic heterocycles. The van der Waals surface area contributed by atoms with Gasteiger partial charge in [0.05, 0.1) is 5.56 Å². The summed E-state index contributed by atoms with van der Waals surface area (Å²) in [6.07, 6.45) is 2.40. The van der Waals surface area contributed by atoms with Crippen LogP contribution in [0.4, 0.5) is 4.39 Å². The Morgan fingerprint density at radius 3 is 3.05 bits per heavy atom. The highest BCUT2D eigenvalue weighted by Gasteiger charge is 2.20. The largest absolute Gasteiger partial charge is 0.409 e. The van der Waals surface area contributed by atoms with Crippen LogP contribution >= 0.6 is 0 Å². The normalized spacial score (nSPS) is 20.5. The predicted octanol–water partition coefficient (Wildman–Crippen LogP) is 1.10. The molecule has 5 nitrogen and oxygen atoms in total. The number of likely N-dealkylation sites (tertiary alicyclic amines) is 1. The molecular formula is C14H21FN4O. The molecule has 6 heteroatoms. The minimum atomic E-state index is -0.435. The topological polar surface area (TPSA) is 73.9 Å². The van der Waals surface area contributed by atoms with Crippen LogP contribution in [0.15, 0.2) is 23.4 Å². The zero-order valence-electron chi connectivity index (χ0n) is 11.6. The van der Waals surface area contributed by atoms with E-state index in [4.69, 9.17) is 10.9 Å². The third-order valence-electron chi connectivity index (χ3n) is 3.83. The van der Waals surface area contributed by atoms with E-state index in [9.17, 15) is 4.39 Å². The fraction of sp³-hybridized carbons (Fsp3) is 0.500. The first kappa shape index (κ1) is 14.7. The molecule has 0 aliphatic carbocycles. The molecule has 1 atom stereocenters. The van der Waals surface area contributed by atoms with Crippen LogP contribution in [-0.2, 0) is 6.54 Å². The zero-order chi connectivity index (χ0) is 14.5. The second-order valence-corrected chi connectivity index (χ2v) is 5.17. The lowest BCUT2D eigenvalue weighted by molar-refractivity contribution is 0.300. The molecule has 0 spiro atoms. The molecule has 1 aliphatic heterocycles. The summed E-state index contributed by atoms with van der Waals surface area (Å²) in [7, 11) is 2.11. The maximum atomic E-state index is 14.2. The summed E-state index contributed by atoms with van der Waals surface area (Å²) in [5.74, 6) is -0.644. The average Bonchev–Trinajstić information content (AvgIpc) is 2.85. The monoisotopic (exact) mass is 280 g/mol. The Balaban J connectivity index is 1.96. The lowest BCUT2D eigenvalue weighted by atomic mass is 10.1. The van der Waals surface area contributed by atoms with E-state index in [1.165, 1.54) is 18.9 Å². The summed E-state index contributed by atoms with van der Waals surface area (Å²) < 4.78 is 14.2. The van der Waals surface area contributed by atoms with Gasteiger partial charge in [0.2, 0.25) is 0 Å². The number of hydrogen-bond donors (Lipinski definition) is 3. The van der Waals surface area contributed by atoms with Crippen LogP contribution in [0.3, 0.4) is 0 Å². The van der Waals surface area contributed by atoms with Gasteiger partial charge < -0.3 is 21.2 Å². The number of benzene rings is 1. The molecule has 1 aromatic rings. The third-order valence-corrected chi connectivity index (χ3v) is 3.83. The van der Waals surface area contributed by atoms with E-state index in [1.807, 2.05) is 0 Å². The minimum Gasteiger partial charge on any atom is -0.409 e. The van der Waals surface area contributed by atoms with E-state index < -0.39 is 5.82 Å². The molecule has 0 amide bonds. The quantitative estimate of drug-likeness (QED) is 0.327. The summed E-state index contributed by atoms with van der Waals surface area (Å²) >= 11 is 0.